The van der Waals surface area contributed by atoms with Gasteiger partial charge in [0.15, 0.2) is 0 Å². The largest absolute Gasteiger partial charge is 0.364 e. The Hall–Kier alpha value is -2.13. The van der Waals surface area contributed by atoms with Crippen molar-refractivity contribution in [1.29, 1.82) is 0 Å². The SMILES string of the molecule is COCN1C(=O)C(Cc2ccccc2)c2ccccc21. The standard InChI is InChI=1S/C17H17NO2/c1-20-12-18-16-10-6-5-9-14(16)15(17(18)19)11-13-7-3-2-4-8-13/h2-10,15H,11-12H2,1H3. The van der Waals surface area contributed by atoms with E-state index in [4.69, 9.17) is 4.74 Å². The van der Waals surface area contributed by atoms with E-state index >= 15 is 0 Å². The lowest BCUT2D eigenvalue weighted by Crippen LogP contribution is -2.31. The van der Waals surface area contributed by atoms with Gasteiger partial charge in [0.25, 0.3) is 0 Å². The molecule has 0 saturated heterocycles. The Labute approximate surface area is 118 Å². The summed E-state index contributed by atoms with van der Waals surface area (Å²) in [4.78, 5) is 14.3. The van der Waals surface area contributed by atoms with Gasteiger partial charge >= 0.3 is 0 Å². The van der Waals surface area contributed by atoms with Crippen LogP contribution in [0.15, 0.2) is 54.6 Å². The van der Waals surface area contributed by atoms with Crippen molar-refractivity contribution in [3.63, 3.8) is 0 Å². The summed E-state index contributed by atoms with van der Waals surface area (Å²) in [6, 6.07) is 18.1. The zero-order chi connectivity index (χ0) is 13.9. The molecule has 3 heteroatoms. The van der Waals surface area contributed by atoms with Crippen LogP contribution >= 0.6 is 0 Å². The van der Waals surface area contributed by atoms with Crippen LogP contribution in [0, 0.1) is 0 Å². The Bertz CT molecular complexity index is 609. The zero-order valence-corrected chi connectivity index (χ0v) is 11.5. The van der Waals surface area contributed by atoms with Gasteiger partial charge in [-0.05, 0) is 23.6 Å². The lowest BCUT2D eigenvalue weighted by atomic mass is 9.93. The van der Waals surface area contributed by atoms with Crippen molar-refractivity contribution in [2.24, 2.45) is 0 Å². The molecule has 0 fully saturated rings. The number of fused-ring (bicyclic) bond motifs is 1. The van der Waals surface area contributed by atoms with Gasteiger partial charge in [0, 0.05) is 7.11 Å². The summed E-state index contributed by atoms with van der Waals surface area (Å²) in [7, 11) is 1.61. The summed E-state index contributed by atoms with van der Waals surface area (Å²) in [6.45, 7) is 0.307. The third-order valence-corrected chi connectivity index (χ3v) is 3.71. The van der Waals surface area contributed by atoms with Gasteiger partial charge in [0.05, 0.1) is 11.6 Å². The Kier molecular flexibility index (Phi) is 3.52. The van der Waals surface area contributed by atoms with Gasteiger partial charge in [0.1, 0.15) is 6.73 Å². The normalized spacial score (nSPS) is 17.4. The van der Waals surface area contributed by atoms with Crippen LogP contribution in [0.1, 0.15) is 17.0 Å². The minimum atomic E-state index is -0.108. The van der Waals surface area contributed by atoms with E-state index in [-0.39, 0.29) is 11.8 Å². The predicted molar refractivity (Wildman–Crippen MR) is 78.7 cm³/mol. The number of hydrogen-bond acceptors (Lipinski definition) is 2. The molecular weight excluding hydrogens is 250 g/mol. The zero-order valence-electron chi connectivity index (χ0n) is 11.5. The van der Waals surface area contributed by atoms with E-state index in [0.29, 0.717) is 6.73 Å². The van der Waals surface area contributed by atoms with Crippen LogP contribution in [0.25, 0.3) is 0 Å². The number of anilines is 1. The van der Waals surface area contributed by atoms with Crippen LogP contribution in [0.2, 0.25) is 0 Å². The molecular formula is C17H17NO2. The minimum absolute atomic E-state index is 0.108. The molecule has 1 atom stereocenters. The molecule has 2 aromatic rings. The van der Waals surface area contributed by atoms with Crippen molar-refractivity contribution in [2.75, 3.05) is 18.7 Å². The highest BCUT2D eigenvalue weighted by Gasteiger charge is 2.36. The van der Waals surface area contributed by atoms with Crippen molar-refractivity contribution >= 4 is 11.6 Å². The van der Waals surface area contributed by atoms with Crippen molar-refractivity contribution in [1.82, 2.24) is 0 Å². The Morgan fingerprint density at radius 2 is 1.75 bits per heavy atom. The van der Waals surface area contributed by atoms with Crippen LogP contribution < -0.4 is 4.90 Å². The van der Waals surface area contributed by atoms with Crippen molar-refractivity contribution in [3.8, 4) is 0 Å². The molecule has 3 nitrogen and oxygen atoms in total. The predicted octanol–water partition coefficient (Wildman–Crippen LogP) is 2.96. The van der Waals surface area contributed by atoms with E-state index in [1.807, 2.05) is 42.5 Å². The number of amides is 1. The number of carbonyl (C=O) groups is 1. The lowest BCUT2D eigenvalue weighted by Gasteiger charge is -2.16. The second kappa shape index (κ2) is 5.47. The van der Waals surface area contributed by atoms with Gasteiger partial charge in [-0.15, -0.1) is 0 Å². The highest BCUT2D eigenvalue weighted by Crippen LogP contribution is 2.38. The van der Waals surface area contributed by atoms with Gasteiger partial charge in [-0.1, -0.05) is 48.5 Å². The smallest absolute Gasteiger partial charge is 0.236 e. The Morgan fingerprint density at radius 1 is 1.05 bits per heavy atom. The van der Waals surface area contributed by atoms with E-state index < -0.39 is 0 Å². The lowest BCUT2D eigenvalue weighted by molar-refractivity contribution is -0.120. The molecule has 0 N–H and O–H groups in total. The maximum Gasteiger partial charge on any atom is 0.236 e. The molecule has 1 amide bonds. The molecule has 0 bridgehead atoms. The molecule has 0 spiro atoms. The molecule has 2 aromatic carbocycles. The highest BCUT2D eigenvalue weighted by atomic mass is 16.5. The van der Waals surface area contributed by atoms with Gasteiger partial charge < -0.3 is 4.74 Å². The minimum Gasteiger partial charge on any atom is -0.364 e. The quantitative estimate of drug-likeness (QED) is 0.852. The molecule has 102 valence electrons. The Balaban J connectivity index is 1.94. The summed E-state index contributed by atoms with van der Waals surface area (Å²) in [5.74, 6) is 0.0145. The van der Waals surface area contributed by atoms with E-state index in [2.05, 4.69) is 12.1 Å². The monoisotopic (exact) mass is 267 g/mol. The van der Waals surface area contributed by atoms with Gasteiger partial charge in [-0.25, -0.2) is 0 Å². The number of carbonyl (C=O) groups excluding carboxylic acids is 1. The summed E-state index contributed by atoms with van der Waals surface area (Å²) in [6.07, 6.45) is 0.733. The summed E-state index contributed by atoms with van der Waals surface area (Å²) < 4.78 is 5.16. The fourth-order valence-electron chi connectivity index (χ4n) is 2.78. The molecule has 20 heavy (non-hydrogen) atoms. The topological polar surface area (TPSA) is 29.5 Å². The van der Waals surface area contributed by atoms with Crippen LogP contribution in [0.3, 0.4) is 0 Å². The molecule has 0 saturated carbocycles. The maximum absolute atomic E-state index is 12.6. The average Bonchev–Trinajstić information content (AvgIpc) is 2.75. The summed E-state index contributed by atoms with van der Waals surface area (Å²) in [5, 5.41) is 0. The first-order valence-corrected chi connectivity index (χ1v) is 6.74. The van der Waals surface area contributed by atoms with Gasteiger partial charge in [0.2, 0.25) is 5.91 Å². The number of hydrogen-bond donors (Lipinski definition) is 0. The first-order valence-electron chi connectivity index (χ1n) is 6.74. The van der Waals surface area contributed by atoms with E-state index in [1.54, 1.807) is 12.0 Å². The van der Waals surface area contributed by atoms with E-state index in [1.165, 1.54) is 5.56 Å². The van der Waals surface area contributed by atoms with Crippen molar-refractivity contribution in [3.05, 3.63) is 65.7 Å². The highest BCUT2D eigenvalue weighted by molar-refractivity contribution is 6.04. The molecule has 0 radical (unpaired) electrons. The van der Waals surface area contributed by atoms with Crippen LogP contribution in [0.4, 0.5) is 5.69 Å². The van der Waals surface area contributed by atoms with Gasteiger partial charge in [-0.2, -0.15) is 0 Å². The third kappa shape index (κ3) is 2.21. The number of nitrogens with zero attached hydrogens (tertiary/aromatic N) is 1. The fraction of sp³-hybridized carbons (Fsp3) is 0.235. The van der Waals surface area contributed by atoms with Crippen molar-refractivity contribution < 1.29 is 9.53 Å². The second-order valence-corrected chi connectivity index (χ2v) is 4.99. The molecule has 1 aliphatic heterocycles. The summed E-state index contributed by atoms with van der Waals surface area (Å²) >= 11 is 0. The average molecular weight is 267 g/mol. The number of ether oxygens (including phenoxy) is 1. The second-order valence-electron chi connectivity index (χ2n) is 4.99. The third-order valence-electron chi connectivity index (χ3n) is 3.71. The maximum atomic E-state index is 12.6. The van der Waals surface area contributed by atoms with Crippen molar-refractivity contribution in [2.45, 2.75) is 12.3 Å². The number of rotatable bonds is 4. The molecule has 1 aliphatic rings. The first-order chi connectivity index (χ1) is 9.81. The van der Waals surface area contributed by atoms with Crippen LogP contribution in [-0.2, 0) is 16.0 Å². The molecule has 3 rings (SSSR count). The van der Waals surface area contributed by atoms with Crippen LogP contribution in [0.5, 0.6) is 0 Å². The number of benzene rings is 2. The van der Waals surface area contributed by atoms with E-state index in [9.17, 15) is 4.79 Å². The Morgan fingerprint density at radius 3 is 2.50 bits per heavy atom. The molecule has 0 aliphatic carbocycles. The fourth-order valence-corrected chi connectivity index (χ4v) is 2.78. The number of methoxy groups -OCH3 is 1. The first kappa shape index (κ1) is 12.9. The number of para-hydroxylation sites is 1. The molecule has 1 heterocycles. The van der Waals surface area contributed by atoms with Gasteiger partial charge in [-0.3, -0.25) is 9.69 Å². The van der Waals surface area contributed by atoms with E-state index in [0.717, 1.165) is 17.7 Å². The van der Waals surface area contributed by atoms with Crippen LogP contribution in [-0.4, -0.2) is 19.7 Å². The molecule has 0 aromatic heterocycles. The summed E-state index contributed by atoms with van der Waals surface area (Å²) in [5.41, 5.74) is 3.25. The molecule has 1 unspecified atom stereocenters.